The van der Waals surface area contributed by atoms with Crippen LogP contribution in [0.25, 0.3) is 6.08 Å². The molecule has 0 bridgehead atoms. The van der Waals surface area contributed by atoms with Gasteiger partial charge in [0.15, 0.2) is 5.78 Å². The molecule has 0 aliphatic carbocycles. The van der Waals surface area contributed by atoms with Crippen LogP contribution in [0.15, 0.2) is 91.0 Å². The minimum atomic E-state index is 0.0196. The fraction of sp³-hybridized carbons (Fsp3) is 0.0455. The van der Waals surface area contributed by atoms with Crippen LogP contribution >= 0.6 is 0 Å². The number of ketones is 1. The van der Waals surface area contributed by atoms with Crippen molar-refractivity contribution in [2.75, 3.05) is 6.61 Å². The number of hydrogen-bond donors (Lipinski definition) is 0. The van der Waals surface area contributed by atoms with Crippen LogP contribution in [0.2, 0.25) is 0 Å². The number of rotatable bonds is 6. The van der Waals surface area contributed by atoms with Crippen molar-refractivity contribution in [1.29, 1.82) is 0 Å². The van der Waals surface area contributed by atoms with Crippen LogP contribution in [0.4, 0.5) is 0 Å². The first-order chi connectivity index (χ1) is 11.8. The van der Waals surface area contributed by atoms with E-state index in [4.69, 9.17) is 4.74 Å². The van der Waals surface area contributed by atoms with Crippen molar-refractivity contribution >= 4 is 11.9 Å². The summed E-state index contributed by atoms with van der Waals surface area (Å²) in [6, 6.07) is 26.6. The van der Waals surface area contributed by atoms with Crippen LogP contribution in [-0.4, -0.2) is 12.4 Å². The molecule has 0 aliphatic rings. The highest BCUT2D eigenvalue weighted by Gasteiger charge is 2.07. The van der Waals surface area contributed by atoms with Gasteiger partial charge in [0.05, 0.1) is 0 Å². The van der Waals surface area contributed by atoms with Crippen LogP contribution in [0.3, 0.4) is 0 Å². The third-order valence-corrected chi connectivity index (χ3v) is 3.61. The maximum atomic E-state index is 12.3. The summed E-state index contributed by atoms with van der Waals surface area (Å²) in [7, 11) is 0. The number of hydrogen-bond acceptors (Lipinski definition) is 2. The molecule has 0 atom stereocenters. The van der Waals surface area contributed by atoms with Crippen molar-refractivity contribution < 1.29 is 9.53 Å². The summed E-state index contributed by atoms with van der Waals surface area (Å²) in [5.74, 6) is 0.767. The Morgan fingerprint density at radius 3 is 2.00 bits per heavy atom. The number of ether oxygens (including phenoxy) is 1. The molecule has 0 N–H and O–H groups in total. The summed E-state index contributed by atoms with van der Waals surface area (Å²) in [5, 5.41) is 0. The summed E-state index contributed by atoms with van der Waals surface area (Å²) >= 11 is 0. The number of benzene rings is 3. The van der Waals surface area contributed by atoms with Gasteiger partial charge in [-0.2, -0.15) is 0 Å². The molecule has 0 aromatic heterocycles. The highest BCUT2D eigenvalue weighted by atomic mass is 16.5. The van der Waals surface area contributed by atoms with E-state index in [1.54, 1.807) is 12.1 Å². The monoisotopic (exact) mass is 314 g/mol. The van der Waals surface area contributed by atoms with E-state index in [1.165, 1.54) is 0 Å². The van der Waals surface area contributed by atoms with Gasteiger partial charge in [-0.25, -0.2) is 0 Å². The maximum Gasteiger partial charge on any atom is 0.193 e. The van der Waals surface area contributed by atoms with Gasteiger partial charge in [0, 0.05) is 11.1 Å². The Hall–Kier alpha value is -3.13. The van der Waals surface area contributed by atoms with Crippen LogP contribution < -0.4 is 4.74 Å². The lowest BCUT2D eigenvalue weighted by Crippen LogP contribution is -2.01. The maximum absolute atomic E-state index is 12.3. The number of carbonyl (C=O) groups excluding carboxylic acids is 1. The fourth-order valence-corrected chi connectivity index (χ4v) is 2.35. The molecule has 0 saturated carbocycles. The topological polar surface area (TPSA) is 26.3 Å². The molecule has 2 heteroatoms. The second kappa shape index (κ2) is 7.93. The lowest BCUT2D eigenvalue weighted by Gasteiger charge is -2.05. The average Bonchev–Trinajstić information content (AvgIpc) is 2.67. The Labute approximate surface area is 142 Å². The SMILES string of the molecule is O=C(c1ccccc1)c1ccc(OC/C=C/c2ccccc2)cc1. The second-order valence-corrected chi connectivity index (χ2v) is 5.34. The van der Waals surface area contributed by atoms with Gasteiger partial charge in [-0.05, 0) is 35.9 Å². The molecule has 3 rings (SSSR count). The van der Waals surface area contributed by atoms with Gasteiger partial charge in [0.1, 0.15) is 12.4 Å². The van der Waals surface area contributed by atoms with E-state index in [0.29, 0.717) is 17.7 Å². The van der Waals surface area contributed by atoms with Gasteiger partial charge in [0.25, 0.3) is 0 Å². The van der Waals surface area contributed by atoms with E-state index in [0.717, 1.165) is 11.3 Å². The van der Waals surface area contributed by atoms with E-state index in [1.807, 2.05) is 84.9 Å². The smallest absolute Gasteiger partial charge is 0.193 e. The molecule has 0 spiro atoms. The highest BCUT2D eigenvalue weighted by molar-refractivity contribution is 6.08. The molecular formula is C22H18O2. The summed E-state index contributed by atoms with van der Waals surface area (Å²) in [6.07, 6.45) is 3.99. The zero-order chi connectivity index (χ0) is 16.6. The zero-order valence-corrected chi connectivity index (χ0v) is 13.3. The molecule has 3 aromatic rings. The minimum absolute atomic E-state index is 0.0196. The van der Waals surface area contributed by atoms with Crippen molar-refractivity contribution in [2.45, 2.75) is 0 Å². The largest absolute Gasteiger partial charge is 0.490 e. The van der Waals surface area contributed by atoms with Crippen LogP contribution in [0.5, 0.6) is 5.75 Å². The summed E-state index contributed by atoms with van der Waals surface area (Å²) in [6.45, 7) is 0.487. The first-order valence-corrected chi connectivity index (χ1v) is 7.87. The summed E-state index contributed by atoms with van der Waals surface area (Å²) < 4.78 is 5.67. The normalized spacial score (nSPS) is 10.7. The second-order valence-electron chi connectivity index (χ2n) is 5.34. The predicted octanol–water partition coefficient (Wildman–Crippen LogP) is 5.01. The third-order valence-electron chi connectivity index (χ3n) is 3.61. The van der Waals surface area contributed by atoms with Crippen molar-refractivity contribution in [1.82, 2.24) is 0 Å². The number of carbonyl (C=O) groups is 1. The molecule has 2 nitrogen and oxygen atoms in total. The lowest BCUT2D eigenvalue weighted by atomic mass is 10.0. The van der Waals surface area contributed by atoms with Gasteiger partial charge in [-0.3, -0.25) is 4.79 Å². The Balaban J connectivity index is 1.57. The predicted molar refractivity (Wildman–Crippen MR) is 97.3 cm³/mol. The van der Waals surface area contributed by atoms with E-state index < -0.39 is 0 Å². The van der Waals surface area contributed by atoms with Gasteiger partial charge in [0.2, 0.25) is 0 Å². The molecule has 0 amide bonds. The third kappa shape index (κ3) is 4.20. The fourth-order valence-electron chi connectivity index (χ4n) is 2.35. The molecule has 24 heavy (non-hydrogen) atoms. The Morgan fingerprint density at radius 2 is 1.33 bits per heavy atom. The standard InChI is InChI=1S/C22H18O2/c23-22(19-11-5-2-6-12-19)20-13-15-21(16-14-20)24-17-7-10-18-8-3-1-4-9-18/h1-16H,17H2/b10-7+. The Kier molecular flexibility index (Phi) is 5.21. The molecule has 0 aliphatic heterocycles. The molecule has 3 aromatic carbocycles. The van der Waals surface area contributed by atoms with E-state index in [-0.39, 0.29) is 5.78 Å². The van der Waals surface area contributed by atoms with Gasteiger partial charge in [-0.1, -0.05) is 66.7 Å². The van der Waals surface area contributed by atoms with E-state index >= 15 is 0 Å². The van der Waals surface area contributed by atoms with E-state index in [9.17, 15) is 4.79 Å². The highest BCUT2D eigenvalue weighted by Crippen LogP contribution is 2.15. The first kappa shape index (κ1) is 15.8. The lowest BCUT2D eigenvalue weighted by molar-refractivity contribution is 0.103. The van der Waals surface area contributed by atoms with Gasteiger partial charge >= 0.3 is 0 Å². The van der Waals surface area contributed by atoms with Crippen molar-refractivity contribution in [3.63, 3.8) is 0 Å². The molecule has 0 radical (unpaired) electrons. The van der Waals surface area contributed by atoms with Gasteiger partial charge in [-0.15, -0.1) is 0 Å². The van der Waals surface area contributed by atoms with Crippen molar-refractivity contribution in [2.24, 2.45) is 0 Å². The van der Waals surface area contributed by atoms with Gasteiger partial charge < -0.3 is 4.74 Å². The Morgan fingerprint density at radius 1 is 0.750 bits per heavy atom. The van der Waals surface area contributed by atoms with Crippen molar-refractivity contribution in [3.05, 3.63) is 108 Å². The molecule has 0 unspecified atom stereocenters. The molecule has 0 saturated heterocycles. The Bertz CT molecular complexity index is 804. The molecule has 118 valence electrons. The first-order valence-electron chi connectivity index (χ1n) is 7.87. The van der Waals surface area contributed by atoms with Crippen LogP contribution in [-0.2, 0) is 0 Å². The van der Waals surface area contributed by atoms with E-state index in [2.05, 4.69) is 0 Å². The average molecular weight is 314 g/mol. The minimum Gasteiger partial charge on any atom is -0.490 e. The molecule has 0 heterocycles. The zero-order valence-electron chi connectivity index (χ0n) is 13.3. The van der Waals surface area contributed by atoms with Crippen LogP contribution in [0, 0.1) is 0 Å². The van der Waals surface area contributed by atoms with Crippen molar-refractivity contribution in [3.8, 4) is 5.75 Å². The van der Waals surface area contributed by atoms with Crippen LogP contribution in [0.1, 0.15) is 21.5 Å². The molecular weight excluding hydrogens is 296 g/mol. The summed E-state index contributed by atoms with van der Waals surface area (Å²) in [4.78, 5) is 12.3. The molecule has 0 fully saturated rings. The summed E-state index contributed by atoms with van der Waals surface area (Å²) in [5.41, 5.74) is 2.50. The quantitative estimate of drug-likeness (QED) is 0.598.